The molecule has 2 saturated heterocycles. The maximum absolute atomic E-state index is 13.3. The van der Waals surface area contributed by atoms with Gasteiger partial charge in [0.05, 0.1) is 29.3 Å². The summed E-state index contributed by atoms with van der Waals surface area (Å²) in [6.45, 7) is 1.38. The first-order chi connectivity index (χ1) is 13.2. The number of cyclic esters (lactones) is 1. The van der Waals surface area contributed by atoms with Crippen LogP contribution in [0.25, 0.3) is 22.2 Å². The number of nitrogens with zero attached hydrogens (tertiary/aromatic N) is 3. The van der Waals surface area contributed by atoms with Crippen LogP contribution in [0, 0.1) is 11.8 Å². The average molecular weight is 359 g/mol. The number of hydrogen-bond donors (Lipinski definition) is 0. The normalized spacial score (nSPS) is 21.3. The highest BCUT2D eigenvalue weighted by Crippen LogP contribution is 2.33. The zero-order chi connectivity index (χ0) is 18.4. The van der Waals surface area contributed by atoms with Crippen molar-refractivity contribution in [2.75, 3.05) is 19.7 Å². The second kappa shape index (κ2) is 6.16. The molecule has 2 aliphatic rings. The number of carbonyl (C=O) groups is 2. The third-order valence-corrected chi connectivity index (χ3v) is 5.37. The van der Waals surface area contributed by atoms with Gasteiger partial charge in [0.2, 0.25) is 0 Å². The second-order valence-corrected chi connectivity index (χ2v) is 7.02. The van der Waals surface area contributed by atoms with Crippen molar-refractivity contribution < 1.29 is 14.3 Å². The molecule has 0 saturated carbocycles. The fourth-order valence-corrected chi connectivity index (χ4v) is 3.95. The lowest BCUT2D eigenvalue weighted by molar-refractivity contribution is -0.141. The minimum atomic E-state index is -0.195. The highest BCUT2D eigenvalue weighted by molar-refractivity contribution is 6.07. The molecule has 6 nitrogen and oxygen atoms in total. The van der Waals surface area contributed by atoms with Gasteiger partial charge in [-0.15, -0.1) is 0 Å². The van der Waals surface area contributed by atoms with Crippen molar-refractivity contribution in [1.29, 1.82) is 0 Å². The van der Waals surface area contributed by atoms with Crippen LogP contribution < -0.4 is 0 Å². The monoisotopic (exact) mass is 359 g/mol. The molecular formula is C21H17N3O3. The number of ether oxygens (including phenoxy) is 1. The zero-order valence-electron chi connectivity index (χ0n) is 14.5. The van der Waals surface area contributed by atoms with E-state index in [1.165, 1.54) is 0 Å². The number of carbonyl (C=O) groups excluding carboxylic acids is 2. The molecule has 0 spiro atoms. The largest absolute Gasteiger partial charge is 0.465 e. The van der Waals surface area contributed by atoms with E-state index in [4.69, 9.17) is 9.72 Å². The Morgan fingerprint density at radius 1 is 1.15 bits per heavy atom. The van der Waals surface area contributed by atoms with Crippen LogP contribution in [0.5, 0.6) is 0 Å². The minimum absolute atomic E-state index is 0.0686. The first-order valence-corrected chi connectivity index (χ1v) is 8.97. The van der Waals surface area contributed by atoms with Crippen LogP contribution in [0.4, 0.5) is 0 Å². The van der Waals surface area contributed by atoms with E-state index < -0.39 is 0 Å². The van der Waals surface area contributed by atoms with Crippen LogP contribution >= 0.6 is 0 Å². The van der Waals surface area contributed by atoms with Gasteiger partial charge in [-0.3, -0.25) is 14.6 Å². The Hall–Kier alpha value is -3.28. The smallest absolute Gasteiger partial charge is 0.311 e. The number of hydrogen-bond acceptors (Lipinski definition) is 5. The van der Waals surface area contributed by atoms with Crippen molar-refractivity contribution in [2.45, 2.75) is 0 Å². The molecule has 0 N–H and O–H groups in total. The van der Waals surface area contributed by atoms with E-state index >= 15 is 0 Å². The Morgan fingerprint density at radius 2 is 2.04 bits per heavy atom. The molecule has 2 atom stereocenters. The first kappa shape index (κ1) is 15.9. The lowest BCUT2D eigenvalue weighted by Gasteiger charge is -2.19. The molecule has 27 heavy (non-hydrogen) atoms. The minimum Gasteiger partial charge on any atom is -0.465 e. The highest BCUT2D eigenvalue weighted by atomic mass is 16.5. The Kier molecular flexibility index (Phi) is 3.63. The molecule has 0 aliphatic carbocycles. The van der Waals surface area contributed by atoms with Crippen molar-refractivity contribution in [3.8, 4) is 11.3 Å². The van der Waals surface area contributed by atoms with Crippen molar-refractivity contribution in [1.82, 2.24) is 14.9 Å². The van der Waals surface area contributed by atoms with Crippen molar-refractivity contribution in [2.24, 2.45) is 11.8 Å². The van der Waals surface area contributed by atoms with Gasteiger partial charge >= 0.3 is 5.97 Å². The molecule has 1 amide bonds. The highest BCUT2D eigenvalue weighted by Gasteiger charge is 2.45. The Bertz CT molecular complexity index is 1050. The standard InChI is InChI=1S/C21H17N3O3/c25-20(24-10-14-12-27-21(26)17(14)11-24)16-8-19(13-4-3-7-22-9-13)23-18-6-2-1-5-15(16)18/h1-9,14,17H,10-12H2/t14-,17-/m1/s1. The third kappa shape index (κ3) is 2.65. The van der Waals surface area contributed by atoms with E-state index in [1.54, 1.807) is 17.3 Å². The number of fused-ring (bicyclic) bond motifs is 2. The van der Waals surface area contributed by atoms with Gasteiger partial charge in [0.1, 0.15) is 0 Å². The number of benzene rings is 1. The Balaban J connectivity index is 1.58. The van der Waals surface area contributed by atoms with E-state index in [2.05, 4.69) is 4.98 Å². The molecule has 5 rings (SSSR count). The molecule has 3 aromatic rings. The van der Waals surface area contributed by atoms with Crippen LogP contribution in [0.1, 0.15) is 10.4 Å². The molecular weight excluding hydrogens is 342 g/mol. The summed E-state index contributed by atoms with van der Waals surface area (Å²) in [6.07, 6.45) is 3.44. The maximum Gasteiger partial charge on any atom is 0.311 e. The average Bonchev–Trinajstić information content (AvgIpc) is 3.29. The molecule has 2 fully saturated rings. The molecule has 134 valence electrons. The molecule has 4 heterocycles. The summed E-state index contributed by atoms with van der Waals surface area (Å²) in [6, 6.07) is 13.2. The molecule has 0 bridgehead atoms. The Morgan fingerprint density at radius 3 is 2.85 bits per heavy atom. The second-order valence-electron chi connectivity index (χ2n) is 7.02. The number of pyridine rings is 2. The van der Waals surface area contributed by atoms with Crippen molar-refractivity contribution in [3.63, 3.8) is 0 Å². The summed E-state index contributed by atoms with van der Waals surface area (Å²) < 4.78 is 5.11. The molecule has 6 heteroatoms. The van der Waals surface area contributed by atoms with Gasteiger partial charge in [0.15, 0.2) is 0 Å². The summed E-state index contributed by atoms with van der Waals surface area (Å²) in [5.74, 6) is -0.348. The summed E-state index contributed by atoms with van der Waals surface area (Å²) in [5, 5.41) is 0.815. The van der Waals surface area contributed by atoms with Gasteiger partial charge in [0.25, 0.3) is 5.91 Å². The molecule has 2 aromatic heterocycles. The lowest BCUT2D eigenvalue weighted by Crippen LogP contribution is -2.31. The van der Waals surface area contributed by atoms with E-state index in [1.807, 2.05) is 42.5 Å². The summed E-state index contributed by atoms with van der Waals surface area (Å²) >= 11 is 0. The number of likely N-dealkylation sites (tertiary alicyclic amines) is 1. The van der Waals surface area contributed by atoms with E-state index in [-0.39, 0.29) is 23.7 Å². The van der Waals surface area contributed by atoms with Gasteiger partial charge in [-0.05, 0) is 24.3 Å². The predicted octanol–water partition coefficient (Wildman–Crippen LogP) is 2.54. The van der Waals surface area contributed by atoms with Gasteiger partial charge in [-0.1, -0.05) is 18.2 Å². The Labute approximate surface area is 155 Å². The zero-order valence-corrected chi connectivity index (χ0v) is 14.5. The number of rotatable bonds is 2. The quantitative estimate of drug-likeness (QED) is 0.658. The SMILES string of the molecule is O=C1OC[C@H]2CN(C(=O)c3cc(-c4cccnc4)nc4ccccc34)C[C@@H]12. The van der Waals surface area contributed by atoms with E-state index in [0.29, 0.717) is 31.0 Å². The predicted molar refractivity (Wildman–Crippen MR) is 98.8 cm³/mol. The third-order valence-electron chi connectivity index (χ3n) is 5.37. The topological polar surface area (TPSA) is 72.4 Å². The van der Waals surface area contributed by atoms with Crippen LogP contribution in [0.2, 0.25) is 0 Å². The fourth-order valence-electron chi connectivity index (χ4n) is 3.95. The lowest BCUT2D eigenvalue weighted by atomic mass is 10.0. The fraction of sp³-hybridized carbons (Fsp3) is 0.238. The van der Waals surface area contributed by atoms with Crippen molar-refractivity contribution in [3.05, 3.63) is 60.4 Å². The number of para-hydroxylation sites is 1. The van der Waals surface area contributed by atoms with Crippen LogP contribution in [0.15, 0.2) is 54.9 Å². The number of esters is 1. The van der Waals surface area contributed by atoms with E-state index in [0.717, 1.165) is 16.5 Å². The summed E-state index contributed by atoms with van der Waals surface area (Å²) in [7, 11) is 0. The molecule has 0 radical (unpaired) electrons. The molecule has 0 unspecified atom stereocenters. The van der Waals surface area contributed by atoms with E-state index in [9.17, 15) is 9.59 Å². The van der Waals surface area contributed by atoms with Crippen LogP contribution in [0.3, 0.4) is 0 Å². The first-order valence-electron chi connectivity index (χ1n) is 8.97. The van der Waals surface area contributed by atoms with Gasteiger partial charge in [0, 0.05) is 42.4 Å². The number of aromatic nitrogens is 2. The number of amides is 1. The van der Waals surface area contributed by atoms with Gasteiger partial charge < -0.3 is 9.64 Å². The maximum atomic E-state index is 13.3. The summed E-state index contributed by atoms with van der Waals surface area (Å²) in [5.41, 5.74) is 2.94. The van der Waals surface area contributed by atoms with Crippen LogP contribution in [-0.4, -0.2) is 46.4 Å². The summed E-state index contributed by atoms with van der Waals surface area (Å²) in [4.78, 5) is 35.8. The van der Waals surface area contributed by atoms with Crippen LogP contribution in [-0.2, 0) is 9.53 Å². The van der Waals surface area contributed by atoms with Gasteiger partial charge in [-0.2, -0.15) is 0 Å². The van der Waals surface area contributed by atoms with Crippen molar-refractivity contribution >= 4 is 22.8 Å². The molecule has 2 aliphatic heterocycles. The van der Waals surface area contributed by atoms with Gasteiger partial charge in [-0.25, -0.2) is 4.98 Å². The molecule has 1 aromatic carbocycles.